The predicted molar refractivity (Wildman–Crippen MR) is 73.2 cm³/mol. The van der Waals surface area contributed by atoms with Gasteiger partial charge >= 0.3 is 0 Å². The number of hydrogen-bond donors (Lipinski definition) is 0. The maximum atomic E-state index is 5.79. The van der Waals surface area contributed by atoms with Crippen molar-refractivity contribution in [3.05, 3.63) is 10.6 Å². The number of halogens is 2. The molecule has 2 heterocycles. The highest BCUT2D eigenvalue weighted by molar-refractivity contribution is 8.00. The summed E-state index contributed by atoms with van der Waals surface area (Å²) in [7, 11) is 0. The molecule has 1 saturated heterocycles. The molecule has 0 radical (unpaired) electrons. The Balaban J connectivity index is 2.17. The molecule has 0 aliphatic carbocycles. The Morgan fingerprint density at radius 2 is 1.76 bits per heavy atom. The van der Waals surface area contributed by atoms with Crippen LogP contribution in [0.3, 0.4) is 0 Å². The van der Waals surface area contributed by atoms with Gasteiger partial charge in [0.05, 0.1) is 0 Å². The molecule has 1 fully saturated rings. The highest BCUT2D eigenvalue weighted by Crippen LogP contribution is 2.31. The molecular formula is C10H14Cl2N4S. The lowest BCUT2D eigenvalue weighted by molar-refractivity contribution is 0.631. The second-order valence-electron chi connectivity index (χ2n) is 4.52. The number of aromatic nitrogens is 3. The van der Waals surface area contributed by atoms with E-state index in [2.05, 4.69) is 33.7 Å². The molecule has 7 heteroatoms. The van der Waals surface area contributed by atoms with Crippen LogP contribution in [-0.4, -0.2) is 38.5 Å². The fourth-order valence-corrected chi connectivity index (χ4v) is 3.13. The van der Waals surface area contributed by atoms with Crippen LogP contribution in [0.15, 0.2) is 0 Å². The van der Waals surface area contributed by atoms with E-state index >= 15 is 0 Å². The van der Waals surface area contributed by atoms with Gasteiger partial charge in [-0.25, -0.2) is 0 Å². The molecule has 0 saturated carbocycles. The monoisotopic (exact) mass is 292 g/mol. The van der Waals surface area contributed by atoms with Crippen molar-refractivity contribution in [2.45, 2.75) is 25.0 Å². The Morgan fingerprint density at radius 3 is 2.41 bits per heavy atom. The average molecular weight is 293 g/mol. The molecule has 1 aliphatic rings. The van der Waals surface area contributed by atoms with Crippen LogP contribution in [0.2, 0.25) is 10.6 Å². The van der Waals surface area contributed by atoms with Gasteiger partial charge in [0.25, 0.3) is 0 Å². The Hall–Kier alpha value is -0.260. The average Bonchev–Trinajstić information content (AvgIpc) is 2.38. The zero-order valence-corrected chi connectivity index (χ0v) is 12.1. The molecular weight excluding hydrogens is 279 g/mol. The molecule has 0 atom stereocenters. The van der Waals surface area contributed by atoms with Crippen molar-refractivity contribution in [1.82, 2.24) is 15.0 Å². The van der Waals surface area contributed by atoms with Gasteiger partial charge in [0.2, 0.25) is 16.5 Å². The maximum absolute atomic E-state index is 5.79. The summed E-state index contributed by atoms with van der Waals surface area (Å²) in [6.07, 6.45) is 1.08. The molecule has 1 aromatic rings. The molecule has 2 rings (SSSR count). The standard InChI is InChI=1S/C10H14Cl2N4S/c1-10(2)3-4-16(5-6-17-10)9-14-7(11)13-8(12)15-9/h3-6H2,1-2H3. The van der Waals surface area contributed by atoms with Crippen LogP contribution < -0.4 is 4.90 Å². The Morgan fingerprint density at radius 1 is 1.12 bits per heavy atom. The number of anilines is 1. The normalized spacial score (nSPS) is 20.1. The van der Waals surface area contributed by atoms with Crippen LogP contribution in [0.1, 0.15) is 20.3 Å². The molecule has 4 nitrogen and oxygen atoms in total. The van der Waals surface area contributed by atoms with Crippen molar-refractivity contribution in [3.8, 4) is 0 Å². The first kappa shape index (κ1) is 13.2. The first-order valence-corrected chi connectivity index (χ1v) is 7.16. The van der Waals surface area contributed by atoms with Crippen molar-refractivity contribution in [2.24, 2.45) is 0 Å². The summed E-state index contributed by atoms with van der Waals surface area (Å²) in [4.78, 5) is 14.1. The summed E-state index contributed by atoms with van der Waals surface area (Å²) >= 11 is 13.5. The fourth-order valence-electron chi connectivity index (χ4n) is 1.68. The van der Waals surface area contributed by atoms with Crippen LogP contribution in [-0.2, 0) is 0 Å². The second kappa shape index (κ2) is 5.16. The van der Waals surface area contributed by atoms with Gasteiger partial charge in [-0.15, -0.1) is 0 Å². The van der Waals surface area contributed by atoms with Gasteiger partial charge in [-0.05, 0) is 29.6 Å². The molecule has 0 amide bonds. The van der Waals surface area contributed by atoms with Crippen molar-refractivity contribution >= 4 is 40.9 Å². The summed E-state index contributed by atoms with van der Waals surface area (Å²) in [6, 6.07) is 0. The number of hydrogen-bond acceptors (Lipinski definition) is 5. The lowest BCUT2D eigenvalue weighted by Gasteiger charge is -2.22. The van der Waals surface area contributed by atoms with Gasteiger partial charge in [0.1, 0.15) is 0 Å². The number of nitrogens with zero attached hydrogens (tertiary/aromatic N) is 4. The van der Waals surface area contributed by atoms with Crippen molar-refractivity contribution < 1.29 is 0 Å². The topological polar surface area (TPSA) is 41.9 Å². The smallest absolute Gasteiger partial charge is 0.230 e. The minimum Gasteiger partial charge on any atom is -0.340 e. The highest BCUT2D eigenvalue weighted by atomic mass is 35.5. The zero-order valence-electron chi connectivity index (χ0n) is 9.78. The van der Waals surface area contributed by atoms with Crippen molar-refractivity contribution in [1.29, 1.82) is 0 Å². The summed E-state index contributed by atoms with van der Waals surface area (Å²) < 4.78 is 0.301. The van der Waals surface area contributed by atoms with E-state index in [1.807, 2.05) is 11.8 Å². The first-order chi connectivity index (χ1) is 7.96. The van der Waals surface area contributed by atoms with E-state index in [9.17, 15) is 0 Å². The summed E-state index contributed by atoms with van der Waals surface area (Å²) in [5.41, 5.74) is 0. The van der Waals surface area contributed by atoms with Gasteiger partial charge in [-0.2, -0.15) is 26.7 Å². The van der Waals surface area contributed by atoms with E-state index < -0.39 is 0 Å². The molecule has 0 aromatic carbocycles. The van der Waals surface area contributed by atoms with E-state index in [1.54, 1.807) is 0 Å². The first-order valence-electron chi connectivity index (χ1n) is 5.42. The second-order valence-corrected chi connectivity index (χ2v) is 7.00. The molecule has 0 bridgehead atoms. The van der Waals surface area contributed by atoms with Crippen LogP contribution >= 0.6 is 35.0 Å². The van der Waals surface area contributed by atoms with E-state index in [-0.39, 0.29) is 10.6 Å². The van der Waals surface area contributed by atoms with Crippen LogP contribution in [0, 0.1) is 0 Å². The van der Waals surface area contributed by atoms with E-state index in [0.29, 0.717) is 10.7 Å². The van der Waals surface area contributed by atoms with Gasteiger partial charge in [0, 0.05) is 23.6 Å². The van der Waals surface area contributed by atoms with Crippen molar-refractivity contribution in [2.75, 3.05) is 23.7 Å². The molecule has 1 aliphatic heterocycles. The maximum Gasteiger partial charge on any atom is 0.230 e. The summed E-state index contributed by atoms with van der Waals surface area (Å²) in [5.74, 6) is 1.63. The largest absolute Gasteiger partial charge is 0.340 e. The quantitative estimate of drug-likeness (QED) is 0.796. The SMILES string of the molecule is CC1(C)CCN(c2nc(Cl)nc(Cl)n2)CCS1. The fraction of sp³-hybridized carbons (Fsp3) is 0.700. The Kier molecular flexibility index (Phi) is 4.00. The number of thioether (sulfide) groups is 1. The predicted octanol–water partition coefficient (Wildman–Crippen LogP) is 2.90. The highest BCUT2D eigenvalue weighted by Gasteiger charge is 2.25. The van der Waals surface area contributed by atoms with Crippen LogP contribution in [0.25, 0.3) is 0 Å². The lowest BCUT2D eigenvalue weighted by atomic mass is 10.1. The van der Waals surface area contributed by atoms with Gasteiger partial charge < -0.3 is 4.90 Å². The van der Waals surface area contributed by atoms with Crippen LogP contribution in [0.4, 0.5) is 5.95 Å². The zero-order chi connectivity index (χ0) is 12.5. The molecule has 1 aromatic heterocycles. The van der Waals surface area contributed by atoms with Crippen molar-refractivity contribution in [3.63, 3.8) is 0 Å². The molecule has 94 valence electrons. The molecule has 0 unspecified atom stereocenters. The Bertz CT molecular complexity index is 393. The summed E-state index contributed by atoms with van der Waals surface area (Å²) in [6.45, 7) is 6.34. The third-order valence-electron chi connectivity index (χ3n) is 2.69. The van der Waals surface area contributed by atoms with Gasteiger partial charge in [-0.1, -0.05) is 13.8 Å². The minimum absolute atomic E-state index is 0.149. The van der Waals surface area contributed by atoms with Crippen LogP contribution in [0.5, 0.6) is 0 Å². The number of rotatable bonds is 1. The Labute approximate surface area is 115 Å². The van der Waals surface area contributed by atoms with E-state index in [4.69, 9.17) is 23.2 Å². The molecule has 0 spiro atoms. The van der Waals surface area contributed by atoms with Gasteiger partial charge in [-0.3, -0.25) is 0 Å². The molecule has 0 N–H and O–H groups in total. The third-order valence-corrected chi connectivity index (χ3v) is 4.40. The lowest BCUT2D eigenvalue weighted by Crippen LogP contribution is -2.28. The summed E-state index contributed by atoms with van der Waals surface area (Å²) in [5, 5.41) is 0.298. The van der Waals surface area contributed by atoms with E-state index in [1.165, 1.54) is 0 Å². The minimum atomic E-state index is 0.149. The molecule has 17 heavy (non-hydrogen) atoms. The third kappa shape index (κ3) is 3.60. The van der Waals surface area contributed by atoms with Gasteiger partial charge in [0.15, 0.2) is 0 Å². The van der Waals surface area contributed by atoms with E-state index in [0.717, 1.165) is 25.3 Å².